The molecule has 0 N–H and O–H groups in total. The zero-order chi connectivity index (χ0) is 25.6. The second kappa shape index (κ2) is 9.66. The Morgan fingerprint density at radius 3 is 2.36 bits per heavy atom. The molecule has 1 unspecified atom stereocenters. The first-order valence-electron chi connectivity index (χ1n) is 12.8. The van der Waals surface area contributed by atoms with Gasteiger partial charge in [0.05, 0.1) is 0 Å². The van der Waals surface area contributed by atoms with Gasteiger partial charge in [-0.3, -0.25) is 9.59 Å². The lowest BCUT2D eigenvalue weighted by Crippen LogP contribution is -2.44. The van der Waals surface area contributed by atoms with E-state index in [1.54, 1.807) is 16.7 Å². The standard InChI is InChI=1S/C30H34FN3O2/c1-19-9-12-34-28(30(36)33(16-19)17-22-14-20(2)13-21(3)15-22)27(23-5-7-24(31)8-6-23)25-10-11-32(4)18-26(25)29(34)35/h5-8,13-15,19H,9-12,16-18H2,1-4H3. The molecule has 0 spiro atoms. The van der Waals surface area contributed by atoms with Crippen LogP contribution in [0.15, 0.2) is 47.3 Å². The van der Waals surface area contributed by atoms with E-state index < -0.39 is 0 Å². The highest BCUT2D eigenvalue weighted by atomic mass is 19.1. The van der Waals surface area contributed by atoms with E-state index in [0.29, 0.717) is 38.3 Å². The van der Waals surface area contributed by atoms with E-state index in [1.807, 2.05) is 11.9 Å². The van der Waals surface area contributed by atoms with E-state index in [1.165, 1.54) is 23.3 Å². The molecule has 5 rings (SSSR count). The first-order chi connectivity index (χ1) is 17.2. The van der Waals surface area contributed by atoms with Gasteiger partial charge in [0.25, 0.3) is 11.5 Å². The fourth-order valence-corrected chi connectivity index (χ4v) is 5.84. The fourth-order valence-electron chi connectivity index (χ4n) is 5.84. The number of aromatic nitrogens is 1. The number of aryl methyl sites for hydroxylation is 2. The molecule has 2 aliphatic heterocycles. The SMILES string of the molecule is Cc1cc(C)cc(CN2CC(C)CCn3c(c(-c4ccc(F)cc4)c4c(c3=O)CN(C)CC4)C2=O)c1. The van der Waals surface area contributed by atoms with Crippen LogP contribution < -0.4 is 5.56 Å². The van der Waals surface area contributed by atoms with Crippen molar-refractivity contribution in [2.45, 2.75) is 53.2 Å². The molecule has 6 heteroatoms. The average molecular weight is 488 g/mol. The predicted octanol–water partition coefficient (Wildman–Crippen LogP) is 4.94. The van der Waals surface area contributed by atoms with Gasteiger partial charge in [0.1, 0.15) is 11.5 Å². The lowest BCUT2D eigenvalue weighted by molar-refractivity contribution is 0.0686. The molecule has 3 aromatic rings. The zero-order valence-electron chi connectivity index (χ0n) is 21.6. The summed E-state index contributed by atoms with van der Waals surface area (Å²) in [6, 6.07) is 12.7. The van der Waals surface area contributed by atoms with Crippen molar-refractivity contribution in [3.05, 3.63) is 92.1 Å². The van der Waals surface area contributed by atoms with Crippen molar-refractivity contribution in [1.82, 2.24) is 14.4 Å². The lowest BCUT2D eigenvalue weighted by Gasteiger charge is -2.34. The van der Waals surface area contributed by atoms with Crippen molar-refractivity contribution < 1.29 is 9.18 Å². The summed E-state index contributed by atoms with van der Waals surface area (Å²) >= 11 is 0. The van der Waals surface area contributed by atoms with E-state index >= 15 is 0 Å². The molecule has 1 amide bonds. The summed E-state index contributed by atoms with van der Waals surface area (Å²) in [4.78, 5) is 32.2. The Morgan fingerprint density at radius 2 is 1.67 bits per heavy atom. The molecule has 0 fully saturated rings. The molecule has 1 aromatic heterocycles. The number of carbonyl (C=O) groups excluding carboxylic acids is 1. The highest BCUT2D eigenvalue weighted by Gasteiger charge is 2.33. The van der Waals surface area contributed by atoms with E-state index in [2.05, 4.69) is 43.9 Å². The van der Waals surface area contributed by atoms with Gasteiger partial charge in [-0.15, -0.1) is 0 Å². The number of pyridine rings is 1. The van der Waals surface area contributed by atoms with Gasteiger partial charge < -0.3 is 14.4 Å². The van der Waals surface area contributed by atoms with Gasteiger partial charge in [-0.05, 0) is 68.5 Å². The Morgan fingerprint density at radius 1 is 0.972 bits per heavy atom. The fraction of sp³-hybridized carbons (Fsp3) is 0.400. The van der Waals surface area contributed by atoms with Gasteiger partial charge in [-0.2, -0.15) is 0 Å². The number of fused-ring (bicyclic) bond motifs is 2. The van der Waals surface area contributed by atoms with Crippen molar-refractivity contribution in [2.24, 2.45) is 5.92 Å². The molecular formula is C30H34FN3O2. The van der Waals surface area contributed by atoms with E-state index in [0.717, 1.165) is 40.8 Å². The van der Waals surface area contributed by atoms with Gasteiger partial charge in [0.15, 0.2) is 0 Å². The predicted molar refractivity (Wildman–Crippen MR) is 141 cm³/mol. The summed E-state index contributed by atoms with van der Waals surface area (Å²) in [5.41, 5.74) is 7.08. The summed E-state index contributed by atoms with van der Waals surface area (Å²) in [6.45, 7) is 9.26. The second-order valence-electron chi connectivity index (χ2n) is 10.7. The molecule has 2 aromatic carbocycles. The van der Waals surface area contributed by atoms with Gasteiger partial charge in [-0.25, -0.2) is 4.39 Å². The Hall–Kier alpha value is -3.25. The minimum absolute atomic E-state index is 0.0637. The number of hydrogen-bond acceptors (Lipinski definition) is 3. The minimum atomic E-state index is -0.320. The van der Waals surface area contributed by atoms with Crippen LogP contribution in [0, 0.1) is 25.6 Å². The first kappa shape index (κ1) is 24.4. The number of carbonyl (C=O) groups is 1. The Balaban J connectivity index is 1.72. The topological polar surface area (TPSA) is 45.6 Å². The van der Waals surface area contributed by atoms with Crippen LogP contribution in [-0.2, 0) is 26.1 Å². The molecule has 0 aliphatic carbocycles. The molecule has 3 heterocycles. The average Bonchev–Trinajstić information content (AvgIpc) is 2.82. The van der Waals surface area contributed by atoms with Crippen LogP contribution in [0.2, 0.25) is 0 Å². The molecule has 1 atom stereocenters. The molecule has 0 bridgehead atoms. The quantitative estimate of drug-likeness (QED) is 0.526. The largest absolute Gasteiger partial charge is 0.333 e. The maximum Gasteiger partial charge on any atom is 0.271 e. The van der Waals surface area contributed by atoms with E-state index in [-0.39, 0.29) is 23.2 Å². The molecule has 0 radical (unpaired) electrons. The van der Waals surface area contributed by atoms with Gasteiger partial charge in [-0.1, -0.05) is 48.4 Å². The van der Waals surface area contributed by atoms with Crippen LogP contribution in [0.1, 0.15) is 51.7 Å². The lowest BCUT2D eigenvalue weighted by atomic mass is 9.88. The van der Waals surface area contributed by atoms with Gasteiger partial charge >= 0.3 is 0 Å². The van der Waals surface area contributed by atoms with Crippen LogP contribution >= 0.6 is 0 Å². The maximum atomic E-state index is 14.4. The monoisotopic (exact) mass is 487 g/mol. The molecular weight excluding hydrogens is 453 g/mol. The highest BCUT2D eigenvalue weighted by Crippen LogP contribution is 2.34. The van der Waals surface area contributed by atoms with Crippen LogP contribution in [-0.4, -0.2) is 40.4 Å². The Labute approximate surface area is 212 Å². The zero-order valence-corrected chi connectivity index (χ0v) is 21.6. The summed E-state index contributed by atoms with van der Waals surface area (Å²) in [5.74, 6) is -0.188. The van der Waals surface area contributed by atoms with Crippen LogP contribution in [0.5, 0.6) is 0 Å². The molecule has 5 nitrogen and oxygen atoms in total. The Kier molecular flexibility index (Phi) is 6.56. The number of nitrogens with zero attached hydrogens (tertiary/aromatic N) is 3. The van der Waals surface area contributed by atoms with Crippen molar-refractivity contribution in [3.63, 3.8) is 0 Å². The first-order valence-corrected chi connectivity index (χ1v) is 12.8. The highest BCUT2D eigenvalue weighted by molar-refractivity contribution is 6.00. The van der Waals surface area contributed by atoms with Gasteiger partial charge in [0, 0.05) is 43.9 Å². The minimum Gasteiger partial charge on any atom is -0.333 e. The van der Waals surface area contributed by atoms with Crippen LogP contribution in [0.25, 0.3) is 11.1 Å². The number of rotatable bonds is 3. The van der Waals surface area contributed by atoms with Crippen molar-refractivity contribution >= 4 is 5.91 Å². The molecule has 2 aliphatic rings. The summed E-state index contributed by atoms with van der Waals surface area (Å²) in [5, 5.41) is 0. The maximum absolute atomic E-state index is 14.4. The number of likely N-dealkylation sites (N-methyl/N-ethyl adjacent to an activating group) is 1. The third-order valence-electron chi connectivity index (χ3n) is 7.50. The van der Waals surface area contributed by atoms with Crippen molar-refractivity contribution in [3.8, 4) is 11.1 Å². The third kappa shape index (κ3) is 4.62. The molecule has 36 heavy (non-hydrogen) atoms. The van der Waals surface area contributed by atoms with Crippen molar-refractivity contribution in [1.29, 1.82) is 0 Å². The molecule has 0 saturated carbocycles. The summed E-state index contributed by atoms with van der Waals surface area (Å²) < 4.78 is 15.6. The number of hydrogen-bond donors (Lipinski definition) is 0. The number of benzene rings is 2. The number of halogens is 1. The molecule has 188 valence electrons. The van der Waals surface area contributed by atoms with Crippen molar-refractivity contribution in [2.75, 3.05) is 20.1 Å². The normalized spacial score (nSPS) is 18.4. The second-order valence-corrected chi connectivity index (χ2v) is 10.7. The number of amides is 1. The summed E-state index contributed by atoms with van der Waals surface area (Å²) in [7, 11) is 2.01. The van der Waals surface area contributed by atoms with Crippen LogP contribution in [0.3, 0.4) is 0 Å². The summed E-state index contributed by atoms with van der Waals surface area (Å²) in [6.07, 6.45) is 1.49. The third-order valence-corrected chi connectivity index (χ3v) is 7.50. The van der Waals surface area contributed by atoms with E-state index in [4.69, 9.17) is 0 Å². The van der Waals surface area contributed by atoms with Gasteiger partial charge in [0.2, 0.25) is 0 Å². The smallest absolute Gasteiger partial charge is 0.271 e. The molecule has 0 saturated heterocycles. The Bertz CT molecular complexity index is 1360. The van der Waals surface area contributed by atoms with E-state index in [9.17, 15) is 14.0 Å². The van der Waals surface area contributed by atoms with Crippen LogP contribution in [0.4, 0.5) is 4.39 Å².